The van der Waals surface area contributed by atoms with Crippen LogP contribution in [-0.2, 0) is 13.5 Å². The summed E-state index contributed by atoms with van der Waals surface area (Å²) < 4.78 is 15.5. The van der Waals surface area contributed by atoms with E-state index in [9.17, 15) is 4.39 Å². The summed E-state index contributed by atoms with van der Waals surface area (Å²) in [7, 11) is 1.87. The summed E-state index contributed by atoms with van der Waals surface area (Å²) in [4.78, 5) is 0. The lowest BCUT2D eigenvalue weighted by molar-refractivity contribution is 0.497. The molecule has 5 heteroatoms. The Hall–Kier alpha value is -1.72. The highest BCUT2D eigenvalue weighted by Crippen LogP contribution is 2.20. The normalized spacial score (nSPS) is 12.7. The standard InChI is InChI=1S/C13H17FN4/c1-9-7-10(18(2)17-9)8-13(16-15)11-5-3-4-6-12(11)14/h3-7,13,16H,8,15H2,1-2H3. The van der Waals surface area contributed by atoms with Crippen LogP contribution in [0.5, 0.6) is 0 Å². The molecule has 0 radical (unpaired) electrons. The van der Waals surface area contributed by atoms with E-state index in [1.54, 1.807) is 22.9 Å². The molecule has 4 nitrogen and oxygen atoms in total. The van der Waals surface area contributed by atoms with Crippen LogP contribution in [0.4, 0.5) is 4.39 Å². The van der Waals surface area contributed by atoms with Crippen molar-refractivity contribution in [2.24, 2.45) is 12.9 Å². The number of halogens is 1. The van der Waals surface area contributed by atoms with Crippen LogP contribution in [0.3, 0.4) is 0 Å². The molecule has 0 aliphatic carbocycles. The number of rotatable bonds is 4. The van der Waals surface area contributed by atoms with Gasteiger partial charge in [0.2, 0.25) is 0 Å². The first-order valence-electron chi connectivity index (χ1n) is 5.82. The van der Waals surface area contributed by atoms with Crippen LogP contribution in [0, 0.1) is 12.7 Å². The van der Waals surface area contributed by atoms with Crippen molar-refractivity contribution in [3.8, 4) is 0 Å². The number of benzene rings is 1. The zero-order valence-electron chi connectivity index (χ0n) is 10.5. The number of nitrogens with zero attached hydrogens (tertiary/aromatic N) is 2. The lowest BCUT2D eigenvalue weighted by Crippen LogP contribution is -2.30. The first kappa shape index (κ1) is 12.7. The van der Waals surface area contributed by atoms with E-state index >= 15 is 0 Å². The maximum absolute atomic E-state index is 13.7. The van der Waals surface area contributed by atoms with Gasteiger partial charge in [-0.1, -0.05) is 18.2 Å². The first-order chi connectivity index (χ1) is 8.61. The fourth-order valence-corrected chi connectivity index (χ4v) is 2.08. The van der Waals surface area contributed by atoms with Gasteiger partial charge in [-0.3, -0.25) is 16.0 Å². The third-order valence-electron chi connectivity index (χ3n) is 2.99. The molecule has 1 aromatic heterocycles. The fraction of sp³-hybridized carbons (Fsp3) is 0.308. The van der Waals surface area contributed by atoms with Gasteiger partial charge in [0.25, 0.3) is 0 Å². The molecule has 0 bridgehead atoms. The summed E-state index contributed by atoms with van der Waals surface area (Å²) in [6.45, 7) is 1.93. The molecule has 3 N–H and O–H groups in total. The Kier molecular flexibility index (Phi) is 3.74. The molecule has 0 saturated carbocycles. The quantitative estimate of drug-likeness (QED) is 0.638. The molecule has 2 aromatic rings. The monoisotopic (exact) mass is 248 g/mol. The zero-order valence-corrected chi connectivity index (χ0v) is 10.5. The van der Waals surface area contributed by atoms with Crippen molar-refractivity contribution in [2.75, 3.05) is 0 Å². The molecule has 0 saturated heterocycles. The molecule has 1 atom stereocenters. The summed E-state index contributed by atoms with van der Waals surface area (Å²) in [5.41, 5.74) is 5.19. The van der Waals surface area contributed by atoms with Crippen molar-refractivity contribution in [2.45, 2.75) is 19.4 Å². The molecule has 0 spiro atoms. The molecule has 2 rings (SSSR count). The Morgan fingerprint density at radius 2 is 2.17 bits per heavy atom. The first-order valence-corrected chi connectivity index (χ1v) is 5.82. The Morgan fingerprint density at radius 3 is 2.72 bits per heavy atom. The molecular weight excluding hydrogens is 231 g/mol. The third-order valence-corrected chi connectivity index (χ3v) is 2.99. The molecule has 1 unspecified atom stereocenters. The maximum atomic E-state index is 13.7. The number of hydrazine groups is 1. The second-order valence-electron chi connectivity index (χ2n) is 4.35. The van der Waals surface area contributed by atoms with Crippen LogP contribution in [0.2, 0.25) is 0 Å². The number of aromatic nitrogens is 2. The highest BCUT2D eigenvalue weighted by atomic mass is 19.1. The number of nitrogens with two attached hydrogens (primary N) is 1. The van der Waals surface area contributed by atoms with Crippen molar-refractivity contribution in [1.29, 1.82) is 0 Å². The second kappa shape index (κ2) is 5.29. The second-order valence-corrected chi connectivity index (χ2v) is 4.35. The summed E-state index contributed by atoms with van der Waals surface area (Å²) in [5.74, 6) is 5.28. The van der Waals surface area contributed by atoms with Crippen molar-refractivity contribution in [1.82, 2.24) is 15.2 Å². The summed E-state index contributed by atoms with van der Waals surface area (Å²) in [6.07, 6.45) is 0.592. The maximum Gasteiger partial charge on any atom is 0.128 e. The predicted octanol–water partition coefficient (Wildman–Crippen LogP) is 1.61. The molecule has 0 aliphatic rings. The van der Waals surface area contributed by atoms with Crippen LogP contribution in [0.15, 0.2) is 30.3 Å². The summed E-state index contributed by atoms with van der Waals surface area (Å²) >= 11 is 0. The largest absolute Gasteiger partial charge is 0.272 e. The van der Waals surface area contributed by atoms with Gasteiger partial charge in [-0.2, -0.15) is 5.10 Å². The van der Waals surface area contributed by atoms with Crippen LogP contribution < -0.4 is 11.3 Å². The van der Waals surface area contributed by atoms with Gasteiger partial charge in [0.15, 0.2) is 0 Å². The Morgan fingerprint density at radius 1 is 1.44 bits per heavy atom. The zero-order chi connectivity index (χ0) is 13.1. The highest BCUT2D eigenvalue weighted by Gasteiger charge is 2.16. The van der Waals surface area contributed by atoms with Gasteiger partial charge in [-0.25, -0.2) is 4.39 Å². The van der Waals surface area contributed by atoms with Gasteiger partial charge < -0.3 is 0 Å². The molecule has 1 aromatic carbocycles. The van der Waals surface area contributed by atoms with Gasteiger partial charge in [0.05, 0.1) is 11.7 Å². The van der Waals surface area contributed by atoms with E-state index in [-0.39, 0.29) is 11.9 Å². The van der Waals surface area contributed by atoms with Crippen molar-refractivity contribution < 1.29 is 4.39 Å². The molecule has 0 fully saturated rings. The fourth-order valence-electron chi connectivity index (χ4n) is 2.08. The SMILES string of the molecule is Cc1cc(CC(NN)c2ccccc2F)n(C)n1. The Bertz CT molecular complexity index is 536. The van der Waals surface area contributed by atoms with Gasteiger partial charge in [-0.05, 0) is 19.1 Å². The summed E-state index contributed by atoms with van der Waals surface area (Å²) in [5, 5.41) is 4.27. The van der Waals surface area contributed by atoms with Gasteiger partial charge >= 0.3 is 0 Å². The minimum Gasteiger partial charge on any atom is -0.272 e. The number of hydrogen-bond acceptors (Lipinski definition) is 3. The van der Waals surface area contributed by atoms with Crippen LogP contribution in [-0.4, -0.2) is 9.78 Å². The van der Waals surface area contributed by atoms with E-state index in [1.807, 2.05) is 20.0 Å². The minimum atomic E-state index is -0.263. The average Bonchev–Trinajstić information content (AvgIpc) is 2.66. The smallest absolute Gasteiger partial charge is 0.128 e. The lowest BCUT2D eigenvalue weighted by Gasteiger charge is -2.16. The Balaban J connectivity index is 2.25. The highest BCUT2D eigenvalue weighted by molar-refractivity contribution is 5.23. The average molecular weight is 248 g/mol. The van der Waals surface area contributed by atoms with Gasteiger partial charge in [0, 0.05) is 24.7 Å². The van der Waals surface area contributed by atoms with Crippen LogP contribution in [0.25, 0.3) is 0 Å². The molecule has 18 heavy (non-hydrogen) atoms. The van der Waals surface area contributed by atoms with E-state index < -0.39 is 0 Å². The molecular formula is C13H17FN4. The van der Waals surface area contributed by atoms with E-state index in [0.29, 0.717) is 12.0 Å². The van der Waals surface area contributed by atoms with Crippen molar-refractivity contribution >= 4 is 0 Å². The topological polar surface area (TPSA) is 55.9 Å². The molecule has 0 aliphatic heterocycles. The molecule has 0 amide bonds. The van der Waals surface area contributed by atoms with Crippen molar-refractivity contribution in [3.05, 3.63) is 53.1 Å². The minimum absolute atomic E-state index is 0.251. The molecule has 96 valence electrons. The van der Waals surface area contributed by atoms with E-state index in [1.165, 1.54) is 6.07 Å². The number of aryl methyl sites for hydroxylation is 2. The third kappa shape index (κ3) is 2.57. The van der Waals surface area contributed by atoms with E-state index in [4.69, 9.17) is 5.84 Å². The van der Waals surface area contributed by atoms with Crippen LogP contribution in [0.1, 0.15) is 23.0 Å². The Labute approximate surface area is 106 Å². The number of hydrogen-bond donors (Lipinski definition) is 2. The predicted molar refractivity (Wildman–Crippen MR) is 68.1 cm³/mol. The van der Waals surface area contributed by atoms with E-state index in [0.717, 1.165) is 11.4 Å². The molecule has 1 heterocycles. The van der Waals surface area contributed by atoms with Crippen molar-refractivity contribution in [3.63, 3.8) is 0 Å². The summed E-state index contributed by atoms with van der Waals surface area (Å²) in [6, 6.07) is 8.36. The van der Waals surface area contributed by atoms with Gasteiger partial charge in [-0.15, -0.1) is 0 Å². The lowest BCUT2D eigenvalue weighted by atomic mass is 10.0. The van der Waals surface area contributed by atoms with E-state index in [2.05, 4.69) is 10.5 Å². The van der Waals surface area contributed by atoms with Gasteiger partial charge in [0.1, 0.15) is 5.82 Å². The van der Waals surface area contributed by atoms with Crippen LogP contribution >= 0.6 is 0 Å². The number of nitrogens with one attached hydrogen (secondary N) is 1.